The normalized spacial score (nSPS) is 11.7. The van der Waals surface area contributed by atoms with Gasteiger partial charge < -0.3 is 10.2 Å². The first-order valence-electron chi connectivity index (χ1n) is 5.94. The summed E-state index contributed by atoms with van der Waals surface area (Å²) in [5.74, 6) is 0.737. The van der Waals surface area contributed by atoms with Crippen molar-refractivity contribution in [3.8, 4) is 0 Å². The molecular formula is C13H24N2S. The standard InChI is InChI=1S/C13H24N2S/c1-10(2)8-15(5)9-12-6-13(7-14-4)16-11(12)3/h6,10,14H,7-9H2,1-5H3. The molecule has 0 saturated carbocycles. The molecule has 0 spiro atoms. The van der Waals surface area contributed by atoms with Gasteiger partial charge in [0.25, 0.3) is 0 Å². The molecule has 1 aromatic heterocycles. The first-order valence-corrected chi connectivity index (χ1v) is 6.76. The maximum atomic E-state index is 3.21. The van der Waals surface area contributed by atoms with E-state index in [9.17, 15) is 0 Å². The van der Waals surface area contributed by atoms with Crippen LogP contribution in [-0.4, -0.2) is 25.5 Å². The van der Waals surface area contributed by atoms with Crippen molar-refractivity contribution >= 4 is 11.3 Å². The molecule has 2 nitrogen and oxygen atoms in total. The Balaban J connectivity index is 2.58. The number of thiophene rings is 1. The van der Waals surface area contributed by atoms with E-state index in [1.807, 2.05) is 18.4 Å². The Morgan fingerprint density at radius 2 is 2.12 bits per heavy atom. The second-order valence-electron chi connectivity index (χ2n) is 4.92. The van der Waals surface area contributed by atoms with Crippen LogP contribution in [0.4, 0.5) is 0 Å². The van der Waals surface area contributed by atoms with Gasteiger partial charge in [-0.1, -0.05) is 13.8 Å². The van der Waals surface area contributed by atoms with Crippen LogP contribution >= 0.6 is 11.3 Å². The van der Waals surface area contributed by atoms with Crippen LogP contribution < -0.4 is 5.32 Å². The lowest BCUT2D eigenvalue weighted by atomic mass is 10.2. The van der Waals surface area contributed by atoms with Crippen LogP contribution in [0, 0.1) is 12.8 Å². The minimum atomic E-state index is 0.737. The van der Waals surface area contributed by atoms with E-state index in [1.54, 1.807) is 0 Å². The third-order valence-electron chi connectivity index (χ3n) is 2.54. The van der Waals surface area contributed by atoms with Gasteiger partial charge in [0.1, 0.15) is 0 Å². The molecular weight excluding hydrogens is 216 g/mol. The highest BCUT2D eigenvalue weighted by Gasteiger charge is 2.08. The Morgan fingerprint density at radius 3 is 2.69 bits per heavy atom. The molecule has 0 bridgehead atoms. The third kappa shape index (κ3) is 4.24. The summed E-state index contributed by atoms with van der Waals surface area (Å²) >= 11 is 1.91. The van der Waals surface area contributed by atoms with E-state index in [2.05, 4.69) is 44.1 Å². The van der Waals surface area contributed by atoms with Crippen molar-refractivity contribution in [3.63, 3.8) is 0 Å². The van der Waals surface area contributed by atoms with Gasteiger partial charge in [0.15, 0.2) is 0 Å². The van der Waals surface area contributed by atoms with Gasteiger partial charge in [-0.3, -0.25) is 0 Å². The second-order valence-corrected chi connectivity index (χ2v) is 6.26. The lowest BCUT2D eigenvalue weighted by Gasteiger charge is -2.18. The van der Waals surface area contributed by atoms with E-state index in [0.717, 1.165) is 25.6 Å². The molecule has 0 aliphatic carbocycles. The molecule has 0 aromatic carbocycles. The highest BCUT2D eigenvalue weighted by Crippen LogP contribution is 2.22. The summed E-state index contributed by atoms with van der Waals surface area (Å²) in [5.41, 5.74) is 1.48. The lowest BCUT2D eigenvalue weighted by molar-refractivity contribution is 0.288. The van der Waals surface area contributed by atoms with Crippen molar-refractivity contribution in [2.45, 2.75) is 33.9 Å². The number of rotatable bonds is 6. The van der Waals surface area contributed by atoms with E-state index >= 15 is 0 Å². The number of hydrogen-bond acceptors (Lipinski definition) is 3. The van der Waals surface area contributed by atoms with Crippen LogP contribution in [0.2, 0.25) is 0 Å². The van der Waals surface area contributed by atoms with Crippen LogP contribution in [0.3, 0.4) is 0 Å². The number of hydrogen-bond donors (Lipinski definition) is 1. The van der Waals surface area contributed by atoms with Crippen LogP contribution in [0.15, 0.2) is 6.07 Å². The minimum Gasteiger partial charge on any atom is -0.315 e. The summed E-state index contributed by atoms with van der Waals surface area (Å²) < 4.78 is 0. The van der Waals surface area contributed by atoms with Gasteiger partial charge in [0, 0.05) is 29.4 Å². The van der Waals surface area contributed by atoms with Gasteiger partial charge >= 0.3 is 0 Å². The van der Waals surface area contributed by atoms with Crippen molar-refractivity contribution in [2.75, 3.05) is 20.6 Å². The minimum absolute atomic E-state index is 0.737. The maximum Gasteiger partial charge on any atom is 0.0296 e. The molecule has 16 heavy (non-hydrogen) atoms. The van der Waals surface area contributed by atoms with E-state index in [0.29, 0.717) is 0 Å². The fraction of sp³-hybridized carbons (Fsp3) is 0.692. The van der Waals surface area contributed by atoms with Gasteiger partial charge in [0.05, 0.1) is 0 Å². The van der Waals surface area contributed by atoms with Crippen molar-refractivity contribution in [1.82, 2.24) is 10.2 Å². The average molecular weight is 240 g/mol. The summed E-state index contributed by atoms with van der Waals surface area (Å²) in [4.78, 5) is 5.30. The molecule has 0 saturated heterocycles. The highest BCUT2D eigenvalue weighted by molar-refractivity contribution is 7.12. The van der Waals surface area contributed by atoms with Crippen molar-refractivity contribution < 1.29 is 0 Å². The molecule has 1 aromatic rings. The van der Waals surface area contributed by atoms with Gasteiger partial charge in [-0.2, -0.15) is 0 Å². The summed E-state index contributed by atoms with van der Waals surface area (Å²) in [6.45, 7) is 9.98. The van der Waals surface area contributed by atoms with Crippen molar-refractivity contribution in [1.29, 1.82) is 0 Å². The van der Waals surface area contributed by atoms with E-state index < -0.39 is 0 Å². The fourth-order valence-electron chi connectivity index (χ4n) is 1.98. The first kappa shape index (κ1) is 13.7. The summed E-state index contributed by atoms with van der Waals surface area (Å²) in [7, 11) is 4.20. The van der Waals surface area contributed by atoms with E-state index in [1.165, 1.54) is 15.3 Å². The Hall–Kier alpha value is -0.380. The molecule has 1 heterocycles. The van der Waals surface area contributed by atoms with Crippen LogP contribution in [0.1, 0.15) is 29.2 Å². The summed E-state index contributed by atoms with van der Waals surface area (Å²) in [6.07, 6.45) is 0. The zero-order chi connectivity index (χ0) is 12.1. The zero-order valence-corrected chi connectivity index (χ0v) is 11.9. The fourth-order valence-corrected chi connectivity index (χ4v) is 3.05. The topological polar surface area (TPSA) is 15.3 Å². The van der Waals surface area contributed by atoms with E-state index in [4.69, 9.17) is 0 Å². The molecule has 0 aliphatic heterocycles. The second kappa shape index (κ2) is 6.38. The Bertz CT molecular complexity index is 318. The summed E-state index contributed by atoms with van der Waals surface area (Å²) in [5, 5.41) is 3.21. The highest BCUT2D eigenvalue weighted by atomic mass is 32.1. The van der Waals surface area contributed by atoms with Gasteiger partial charge in [0.2, 0.25) is 0 Å². The molecule has 0 amide bonds. The number of aryl methyl sites for hydroxylation is 1. The molecule has 1 N–H and O–H groups in total. The molecule has 92 valence electrons. The Kier molecular flexibility index (Phi) is 5.46. The zero-order valence-electron chi connectivity index (χ0n) is 11.1. The van der Waals surface area contributed by atoms with Crippen molar-refractivity contribution in [3.05, 3.63) is 21.4 Å². The molecule has 0 unspecified atom stereocenters. The molecule has 0 aliphatic rings. The SMILES string of the molecule is CNCc1cc(CN(C)CC(C)C)c(C)s1. The molecule has 0 radical (unpaired) electrons. The average Bonchev–Trinajstić information content (AvgIpc) is 2.46. The maximum absolute atomic E-state index is 3.21. The Labute approximate surface area is 104 Å². The van der Waals surface area contributed by atoms with Gasteiger partial charge in [-0.15, -0.1) is 11.3 Å². The largest absolute Gasteiger partial charge is 0.315 e. The molecule has 0 atom stereocenters. The van der Waals surface area contributed by atoms with Gasteiger partial charge in [-0.05, 0) is 38.6 Å². The Morgan fingerprint density at radius 1 is 1.44 bits per heavy atom. The lowest BCUT2D eigenvalue weighted by Crippen LogP contribution is -2.22. The van der Waals surface area contributed by atoms with Crippen LogP contribution in [-0.2, 0) is 13.1 Å². The molecule has 0 fully saturated rings. The smallest absolute Gasteiger partial charge is 0.0296 e. The number of nitrogens with one attached hydrogen (secondary N) is 1. The molecule has 3 heteroatoms. The number of nitrogens with zero attached hydrogens (tertiary/aromatic N) is 1. The van der Waals surface area contributed by atoms with Crippen molar-refractivity contribution in [2.24, 2.45) is 5.92 Å². The first-order chi connectivity index (χ1) is 7.52. The van der Waals surface area contributed by atoms with Crippen LogP contribution in [0.25, 0.3) is 0 Å². The third-order valence-corrected chi connectivity index (χ3v) is 3.63. The van der Waals surface area contributed by atoms with Gasteiger partial charge in [-0.25, -0.2) is 0 Å². The quantitative estimate of drug-likeness (QED) is 0.822. The van der Waals surface area contributed by atoms with Crippen LogP contribution in [0.5, 0.6) is 0 Å². The van der Waals surface area contributed by atoms with E-state index in [-0.39, 0.29) is 0 Å². The predicted molar refractivity (Wildman–Crippen MR) is 73.0 cm³/mol. The molecule has 1 rings (SSSR count). The predicted octanol–water partition coefficient (Wildman–Crippen LogP) is 2.86. The monoisotopic (exact) mass is 240 g/mol. The summed E-state index contributed by atoms with van der Waals surface area (Å²) in [6, 6.07) is 2.34.